The van der Waals surface area contributed by atoms with Gasteiger partial charge >= 0.3 is 0 Å². The van der Waals surface area contributed by atoms with Gasteiger partial charge in [0.1, 0.15) is 4.83 Å². The van der Waals surface area contributed by atoms with Crippen LogP contribution in [-0.2, 0) is 11.3 Å². The molecule has 22 heavy (non-hydrogen) atoms. The molecule has 3 aromatic rings. The second-order valence-corrected chi connectivity index (χ2v) is 7.72. The zero-order valence-electron chi connectivity index (χ0n) is 12.2. The maximum Gasteiger partial charge on any atom is 0.262 e. The quantitative estimate of drug-likeness (QED) is 0.735. The predicted octanol–water partition coefficient (Wildman–Crippen LogP) is 3.67. The summed E-state index contributed by atoms with van der Waals surface area (Å²) in [6.45, 7) is 3.48. The van der Waals surface area contributed by atoms with Gasteiger partial charge in [-0.2, -0.15) is 0 Å². The summed E-state index contributed by atoms with van der Waals surface area (Å²) >= 11 is 3.25. The third-order valence-electron chi connectivity index (χ3n) is 3.99. The summed E-state index contributed by atoms with van der Waals surface area (Å²) in [4.78, 5) is 20.5. The topological polar surface area (TPSA) is 44.1 Å². The highest BCUT2D eigenvalue weighted by atomic mass is 32.1. The molecule has 0 saturated carbocycles. The van der Waals surface area contributed by atoms with Crippen molar-refractivity contribution in [2.24, 2.45) is 0 Å². The minimum absolute atomic E-state index is 0.0443. The Balaban J connectivity index is 1.81. The molecule has 4 heterocycles. The molecule has 1 aliphatic rings. The molecule has 4 nitrogen and oxygen atoms in total. The van der Waals surface area contributed by atoms with Crippen molar-refractivity contribution in [1.82, 2.24) is 9.55 Å². The van der Waals surface area contributed by atoms with Crippen LogP contribution in [0, 0.1) is 6.92 Å². The third kappa shape index (κ3) is 2.41. The molecule has 0 aromatic carbocycles. The van der Waals surface area contributed by atoms with Gasteiger partial charge in [0.2, 0.25) is 0 Å². The second-order valence-electron chi connectivity index (χ2n) is 5.58. The van der Waals surface area contributed by atoms with E-state index >= 15 is 0 Å². The van der Waals surface area contributed by atoms with E-state index < -0.39 is 0 Å². The average molecular weight is 332 g/mol. The van der Waals surface area contributed by atoms with Crippen molar-refractivity contribution in [3.8, 4) is 10.4 Å². The molecule has 0 aliphatic carbocycles. The predicted molar refractivity (Wildman–Crippen MR) is 90.9 cm³/mol. The Morgan fingerprint density at radius 1 is 1.45 bits per heavy atom. The Bertz CT molecular complexity index is 872. The summed E-state index contributed by atoms with van der Waals surface area (Å²) in [6, 6.07) is 4.17. The molecule has 6 heteroatoms. The number of hydrogen-bond donors (Lipinski definition) is 0. The highest BCUT2D eigenvalue weighted by Gasteiger charge is 2.19. The highest BCUT2D eigenvalue weighted by Crippen LogP contribution is 2.34. The van der Waals surface area contributed by atoms with Crippen LogP contribution in [0.4, 0.5) is 0 Å². The molecule has 3 aromatic heterocycles. The zero-order chi connectivity index (χ0) is 15.1. The number of ether oxygens (including phenoxy) is 1. The minimum Gasteiger partial charge on any atom is -0.376 e. The van der Waals surface area contributed by atoms with Crippen LogP contribution in [-0.4, -0.2) is 22.3 Å². The van der Waals surface area contributed by atoms with Gasteiger partial charge in [-0.05, 0) is 31.9 Å². The van der Waals surface area contributed by atoms with Gasteiger partial charge in [-0.3, -0.25) is 9.36 Å². The van der Waals surface area contributed by atoms with Crippen molar-refractivity contribution in [3.05, 3.63) is 39.1 Å². The van der Waals surface area contributed by atoms with Gasteiger partial charge < -0.3 is 4.74 Å². The van der Waals surface area contributed by atoms with E-state index in [1.807, 2.05) is 5.38 Å². The molecule has 114 valence electrons. The lowest BCUT2D eigenvalue weighted by Gasteiger charge is -2.11. The first-order valence-corrected chi connectivity index (χ1v) is 9.07. The smallest absolute Gasteiger partial charge is 0.262 e. The summed E-state index contributed by atoms with van der Waals surface area (Å²) in [6.07, 6.45) is 3.90. The number of aryl methyl sites for hydroxylation is 1. The second kappa shape index (κ2) is 5.61. The Morgan fingerprint density at radius 2 is 2.36 bits per heavy atom. The summed E-state index contributed by atoms with van der Waals surface area (Å²) in [5.41, 5.74) is 1.06. The monoisotopic (exact) mass is 332 g/mol. The molecule has 0 N–H and O–H groups in total. The molecule has 0 bridgehead atoms. The molecular formula is C16H16N2O2S2. The average Bonchev–Trinajstić information content (AvgIpc) is 3.22. The molecule has 1 atom stereocenters. The fourth-order valence-corrected chi connectivity index (χ4v) is 4.73. The molecule has 1 aliphatic heterocycles. The summed E-state index contributed by atoms with van der Waals surface area (Å²) in [5.74, 6) is 0. The fourth-order valence-electron chi connectivity index (χ4n) is 2.87. The van der Waals surface area contributed by atoms with E-state index in [9.17, 15) is 4.79 Å². The molecule has 1 saturated heterocycles. The van der Waals surface area contributed by atoms with Crippen LogP contribution in [0.25, 0.3) is 20.7 Å². The number of thiophene rings is 2. The van der Waals surface area contributed by atoms with E-state index in [4.69, 9.17) is 4.74 Å². The summed E-state index contributed by atoms with van der Waals surface area (Å²) < 4.78 is 7.34. The van der Waals surface area contributed by atoms with Gasteiger partial charge in [-0.1, -0.05) is 0 Å². The molecule has 4 rings (SSSR count). The van der Waals surface area contributed by atoms with E-state index in [-0.39, 0.29) is 11.7 Å². The number of aromatic nitrogens is 2. The van der Waals surface area contributed by atoms with Crippen LogP contribution in [0.5, 0.6) is 0 Å². The molecule has 1 fully saturated rings. The van der Waals surface area contributed by atoms with Crippen LogP contribution < -0.4 is 5.56 Å². The Labute approximate surface area is 136 Å². The van der Waals surface area contributed by atoms with Gasteiger partial charge in [-0.25, -0.2) is 4.98 Å². The largest absolute Gasteiger partial charge is 0.376 e. The maximum atomic E-state index is 12.9. The van der Waals surface area contributed by atoms with E-state index in [0.29, 0.717) is 6.54 Å². The lowest BCUT2D eigenvalue weighted by Crippen LogP contribution is -2.26. The van der Waals surface area contributed by atoms with Crippen molar-refractivity contribution in [2.45, 2.75) is 32.4 Å². The van der Waals surface area contributed by atoms with Crippen molar-refractivity contribution in [2.75, 3.05) is 6.61 Å². The van der Waals surface area contributed by atoms with Crippen LogP contribution in [0.2, 0.25) is 0 Å². The first kappa shape index (κ1) is 14.1. The Hall–Kier alpha value is -1.50. The van der Waals surface area contributed by atoms with Crippen LogP contribution >= 0.6 is 22.7 Å². The Morgan fingerprint density at radius 3 is 3.09 bits per heavy atom. The van der Waals surface area contributed by atoms with Crippen LogP contribution in [0.15, 0.2) is 28.6 Å². The number of rotatable bonds is 3. The number of fused-ring (bicyclic) bond motifs is 1. The molecule has 1 unspecified atom stereocenters. The highest BCUT2D eigenvalue weighted by molar-refractivity contribution is 7.19. The first-order chi connectivity index (χ1) is 10.7. The third-order valence-corrected chi connectivity index (χ3v) is 5.91. The van der Waals surface area contributed by atoms with Crippen molar-refractivity contribution in [3.63, 3.8) is 0 Å². The van der Waals surface area contributed by atoms with E-state index in [1.165, 1.54) is 16.2 Å². The SMILES string of the molecule is Cc1ccc(-c2csc3ncn(CC4CCCO4)c(=O)c23)s1. The van der Waals surface area contributed by atoms with E-state index in [1.54, 1.807) is 22.2 Å². The van der Waals surface area contributed by atoms with Crippen molar-refractivity contribution >= 4 is 32.9 Å². The van der Waals surface area contributed by atoms with Gasteiger partial charge in [0, 0.05) is 27.3 Å². The molecule has 0 radical (unpaired) electrons. The van der Waals surface area contributed by atoms with Crippen molar-refractivity contribution in [1.29, 1.82) is 0 Å². The van der Waals surface area contributed by atoms with Crippen LogP contribution in [0.1, 0.15) is 17.7 Å². The zero-order valence-corrected chi connectivity index (χ0v) is 13.9. The number of hydrogen-bond acceptors (Lipinski definition) is 5. The number of nitrogens with zero attached hydrogens (tertiary/aromatic N) is 2. The van der Waals surface area contributed by atoms with Gasteiger partial charge in [0.15, 0.2) is 0 Å². The van der Waals surface area contributed by atoms with Crippen LogP contribution in [0.3, 0.4) is 0 Å². The molecular weight excluding hydrogens is 316 g/mol. The lowest BCUT2D eigenvalue weighted by atomic mass is 10.2. The maximum absolute atomic E-state index is 12.9. The van der Waals surface area contributed by atoms with Gasteiger partial charge in [0.25, 0.3) is 5.56 Å². The first-order valence-electron chi connectivity index (χ1n) is 7.37. The normalized spacial score (nSPS) is 18.3. The molecule has 0 amide bonds. The van der Waals surface area contributed by atoms with Gasteiger partial charge in [-0.15, -0.1) is 22.7 Å². The fraction of sp³-hybridized carbons (Fsp3) is 0.375. The summed E-state index contributed by atoms with van der Waals surface area (Å²) in [5, 5.41) is 2.79. The van der Waals surface area contributed by atoms with E-state index in [2.05, 4.69) is 24.0 Å². The van der Waals surface area contributed by atoms with E-state index in [0.717, 1.165) is 40.1 Å². The Kier molecular flexibility index (Phi) is 3.60. The van der Waals surface area contributed by atoms with Gasteiger partial charge in [0.05, 0.1) is 24.4 Å². The minimum atomic E-state index is 0.0443. The lowest BCUT2D eigenvalue weighted by molar-refractivity contribution is 0.0960. The standard InChI is InChI=1S/C16H16N2O2S2/c1-10-4-5-13(22-10)12-8-21-15-14(12)16(19)18(9-17-15)7-11-3-2-6-20-11/h4-5,8-9,11H,2-3,6-7H2,1H3. The van der Waals surface area contributed by atoms with Crippen molar-refractivity contribution < 1.29 is 4.74 Å². The molecule has 0 spiro atoms. The summed E-state index contributed by atoms with van der Waals surface area (Å²) in [7, 11) is 0.